The van der Waals surface area contributed by atoms with Crippen LogP contribution in [0.5, 0.6) is 0 Å². The van der Waals surface area contributed by atoms with Crippen LogP contribution in [0.3, 0.4) is 0 Å². The van der Waals surface area contributed by atoms with Gasteiger partial charge in [-0.2, -0.15) is 0 Å². The first-order valence-corrected chi connectivity index (χ1v) is 2.58. The Balaban J connectivity index is 4.14. The lowest BCUT2D eigenvalue weighted by Gasteiger charge is -1.95. The van der Waals surface area contributed by atoms with Gasteiger partial charge in [0.1, 0.15) is 5.83 Å². The van der Waals surface area contributed by atoms with Crippen LogP contribution in [0, 0.1) is 0 Å². The minimum absolute atomic E-state index is 0.168. The molecule has 0 saturated carbocycles. The predicted octanol–water partition coefficient (Wildman–Crippen LogP) is 1.54. The second-order valence-electron chi connectivity index (χ2n) is 1.54. The molecule has 2 N–H and O–H groups in total. The number of hydrogen-bond acceptors (Lipinski definition) is 1. The van der Waals surface area contributed by atoms with Crippen LogP contribution in [0.2, 0.25) is 0 Å². The average Bonchev–Trinajstić information content (AvgIpc) is 1.82. The SMILES string of the molecule is C=C/C=C(/CN)C(=C)F. The van der Waals surface area contributed by atoms with Crippen molar-refractivity contribution in [3.63, 3.8) is 0 Å². The average molecular weight is 127 g/mol. The van der Waals surface area contributed by atoms with E-state index in [1.54, 1.807) is 0 Å². The summed E-state index contributed by atoms with van der Waals surface area (Å²) in [6, 6.07) is 0. The van der Waals surface area contributed by atoms with Crippen molar-refractivity contribution in [3.05, 3.63) is 36.7 Å². The van der Waals surface area contributed by atoms with E-state index in [9.17, 15) is 4.39 Å². The van der Waals surface area contributed by atoms with E-state index in [1.165, 1.54) is 12.2 Å². The van der Waals surface area contributed by atoms with Crippen LogP contribution in [-0.4, -0.2) is 6.54 Å². The fourth-order valence-electron chi connectivity index (χ4n) is 0.411. The van der Waals surface area contributed by atoms with E-state index in [1.807, 2.05) is 0 Å². The summed E-state index contributed by atoms with van der Waals surface area (Å²) in [5.41, 5.74) is 5.54. The molecule has 0 fully saturated rings. The highest BCUT2D eigenvalue weighted by Crippen LogP contribution is 2.05. The van der Waals surface area contributed by atoms with Crippen molar-refractivity contribution in [2.45, 2.75) is 0 Å². The number of halogens is 1. The summed E-state index contributed by atoms with van der Waals surface area (Å²) in [4.78, 5) is 0. The van der Waals surface area contributed by atoms with Gasteiger partial charge in [0, 0.05) is 12.1 Å². The van der Waals surface area contributed by atoms with Crippen molar-refractivity contribution in [2.75, 3.05) is 6.54 Å². The summed E-state index contributed by atoms with van der Waals surface area (Å²) in [5, 5.41) is 0. The fourth-order valence-corrected chi connectivity index (χ4v) is 0.411. The standard InChI is InChI=1S/C7H10FN/c1-3-4-7(5-9)6(2)8/h3-4H,1-2,5,9H2/b7-4-. The maximum atomic E-state index is 12.2. The van der Waals surface area contributed by atoms with Crippen LogP contribution in [-0.2, 0) is 0 Å². The third-order valence-electron chi connectivity index (χ3n) is 0.887. The van der Waals surface area contributed by atoms with Gasteiger partial charge in [-0.25, -0.2) is 4.39 Å². The summed E-state index contributed by atoms with van der Waals surface area (Å²) in [6.07, 6.45) is 2.98. The molecule has 0 unspecified atom stereocenters. The predicted molar refractivity (Wildman–Crippen MR) is 37.6 cm³/mol. The van der Waals surface area contributed by atoms with E-state index in [2.05, 4.69) is 13.2 Å². The van der Waals surface area contributed by atoms with E-state index in [4.69, 9.17) is 5.73 Å². The largest absolute Gasteiger partial charge is 0.326 e. The molecular weight excluding hydrogens is 117 g/mol. The van der Waals surface area contributed by atoms with Gasteiger partial charge in [0.15, 0.2) is 0 Å². The molecule has 0 atom stereocenters. The molecule has 0 rings (SSSR count). The van der Waals surface area contributed by atoms with Crippen molar-refractivity contribution in [2.24, 2.45) is 5.73 Å². The zero-order chi connectivity index (χ0) is 7.28. The molecule has 0 aromatic rings. The van der Waals surface area contributed by atoms with E-state index in [0.717, 1.165) is 0 Å². The van der Waals surface area contributed by atoms with Crippen molar-refractivity contribution in [3.8, 4) is 0 Å². The molecule has 0 aromatic carbocycles. The number of allylic oxidation sites excluding steroid dienone is 2. The smallest absolute Gasteiger partial charge is 0.120 e. The molecule has 2 heteroatoms. The molecule has 0 amide bonds. The van der Waals surface area contributed by atoms with Crippen LogP contribution in [0.4, 0.5) is 4.39 Å². The summed E-state index contributed by atoms with van der Waals surface area (Å²) in [5.74, 6) is -0.489. The summed E-state index contributed by atoms with van der Waals surface area (Å²) in [6.45, 7) is 6.64. The zero-order valence-corrected chi connectivity index (χ0v) is 5.23. The summed E-state index contributed by atoms with van der Waals surface area (Å²) in [7, 11) is 0. The molecule has 0 spiro atoms. The maximum Gasteiger partial charge on any atom is 0.120 e. The lowest BCUT2D eigenvalue weighted by Crippen LogP contribution is -2.02. The fraction of sp³-hybridized carbons (Fsp3) is 0.143. The summed E-state index contributed by atoms with van der Waals surface area (Å²) >= 11 is 0. The van der Waals surface area contributed by atoms with Crippen molar-refractivity contribution in [1.82, 2.24) is 0 Å². The Kier molecular flexibility index (Phi) is 3.64. The monoisotopic (exact) mass is 127 g/mol. The summed E-state index contributed by atoms with van der Waals surface area (Å²) < 4.78 is 12.2. The molecule has 1 nitrogen and oxygen atoms in total. The van der Waals surface area contributed by atoms with Crippen LogP contribution in [0.1, 0.15) is 0 Å². The first kappa shape index (κ1) is 8.11. The molecule has 9 heavy (non-hydrogen) atoms. The molecule has 0 heterocycles. The number of hydrogen-bond donors (Lipinski definition) is 1. The van der Waals surface area contributed by atoms with Gasteiger partial charge in [0.05, 0.1) is 0 Å². The third-order valence-corrected chi connectivity index (χ3v) is 0.887. The maximum absolute atomic E-state index is 12.2. The van der Waals surface area contributed by atoms with E-state index in [0.29, 0.717) is 5.57 Å². The Hall–Kier alpha value is -0.890. The van der Waals surface area contributed by atoms with Gasteiger partial charge in [0.25, 0.3) is 0 Å². The lowest BCUT2D eigenvalue weighted by atomic mass is 10.2. The van der Waals surface area contributed by atoms with Gasteiger partial charge < -0.3 is 5.73 Å². The molecule has 0 saturated heterocycles. The first-order valence-electron chi connectivity index (χ1n) is 2.58. The van der Waals surface area contributed by atoms with Crippen LogP contribution < -0.4 is 5.73 Å². The van der Waals surface area contributed by atoms with E-state index >= 15 is 0 Å². The van der Waals surface area contributed by atoms with Gasteiger partial charge in [-0.1, -0.05) is 25.3 Å². The van der Waals surface area contributed by atoms with Crippen LogP contribution in [0.15, 0.2) is 36.7 Å². The first-order chi connectivity index (χ1) is 4.22. The molecule has 0 aliphatic rings. The molecular formula is C7H10FN. The minimum atomic E-state index is -0.489. The second kappa shape index (κ2) is 4.04. The topological polar surface area (TPSA) is 26.0 Å². The highest BCUT2D eigenvalue weighted by molar-refractivity contribution is 5.26. The Morgan fingerprint density at radius 1 is 1.67 bits per heavy atom. The Bertz CT molecular complexity index is 147. The van der Waals surface area contributed by atoms with Gasteiger partial charge in [-0.05, 0) is 0 Å². The zero-order valence-electron chi connectivity index (χ0n) is 5.23. The van der Waals surface area contributed by atoms with Crippen LogP contribution in [0.25, 0.3) is 0 Å². The molecule has 0 aliphatic heterocycles. The van der Waals surface area contributed by atoms with Gasteiger partial charge in [0.2, 0.25) is 0 Å². The second-order valence-corrected chi connectivity index (χ2v) is 1.54. The normalized spacial score (nSPS) is 11.1. The molecule has 0 aromatic heterocycles. The molecule has 0 bridgehead atoms. The Morgan fingerprint density at radius 3 is 2.33 bits per heavy atom. The lowest BCUT2D eigenvalue weighted by molar-refractivity contribution is 0.651. The molecule has 50 valence electrons. The van der Waals surface area contributed by atoms with Crippen LogP contribution >= 0.6 is 0 Å². The van der Waals surface area contributed by atoms with E-state index in [-0.39, 0.29) is 6.54 Å². The molecule has 0 aliphatic carbocycles. The minimum Gasteiger partial charge on any atom is -0.326 e. The highest BCUT2D eigenvalue weighted by atomic mass is 19.1. The highest BCUT2D eigenvalue weighted by Gasteiger charge is 1.94. The third kappa shape index (κ3) is 2.82. The van der Waals surface area contributed by atoms with Crippen molar-refractivity contribution >= 4 is 0 Å². The van der Waals surface area contributed by atoms with E-state index < -0.39 is 5.83 Å². The number of rotatable bonds is 3. The Labute approximate surface area is 54.4 Å². The van der Waals surface area contributed by atoms with Crippen molar-refractivity contribution in [1.29, 1.82) is 0 Å². The molecule has 0 radical (unpaired) electrons. The number of nitrogens with two attached hydrogens (primary N) is 1. The van der Waals surface area contributed by atoms with Gasteiger partial charge in [-0.15, -0.1) is 0 Å². The van der Waals surface area contributed by atoms with Gasteiger partial charge >= 0.3 is 0 Å². The quantitative estimate of drug-likeness (QED) is 0.572. The van der Waals surface area contributed by atoms with Gasteiger partial charge in [-0.3, -0.25) is 0 Å². The Morgan fingerprint density at radius 2 is 2.22 bits per heavy atom. The van der Waals surface area contributed by atoms with Crippen molar-refractivity contribution < 1.29 is 4.39 Å².